The Balaban J connectivity index is 1.66. The molecule has 1 aliphatic heterocycles. The first-order valence-electron chi connectivity index (χ1n) is 7.01. The van der Waals surface area contributed by atoms with Crippen LogP contribution in [0.3, 0.4) is 0 Å². The number of carbonyl (C=O) groups is 2. The molecule has 1 saturated heterocycles. The Kier molecular flexibility index (Phi) is 3.42. The summed E-state index contributed by atoms with van der Waals surface area (Å²) >= 11 is 0. The van der Waals surface area contributed by atoms with Gasteiger partial charge in [-0.2, -0.15) is 0 Å². The Hall–Kier alpha value is -1.91. The number of imide groups is 1. The van der Waals surface area contributed by atoms with Gasteiger partial charge in [0.05, 0.1) is 18.5 Å². The number of nitrogens with zero attached hydrogens (tertiary/aromatic N) is 1. The molecule has 5 heteroatoms. The van der Waals surface area contributed by atoms with E-state index in [1.165, 1.54) is 17.0 Å². The van der Waals surface area contributed by atoms with Crippen LogP contribution in [0.1, 0.15) is 25.7 Å². The number of likely N-dealkylation sites (tertiary alicyclic amines) is 1. The van der Waals surface area contributed by atoms with Crippen LogP contribution in [0, 0.1) is 17.7 Å². The smallest absolute Gasteiger partial charge is 0.234 e. The van der Waals surface area contributed by atoms with E-state index >= 15 is 0 Å². The highest BCUT2D eigenvalue weighted by molar-refractivity contribution is 6.05. The Morgan fingerprint density at radius 2 is 1.60 bits per heavy atom. The molecule has 1 heterocycles. The number of amides is 2. The van der Waals surface area contributed by atoms with Gasteiger partial charge in [-0.1, -0.05) is 12.8 Å². The molecule has 0 aromatic heterocycles. The third kappa shape index (κ3) is 2.28. The zero-order valence-corrected chi connectivity index (χ0v) is 11.1. The number of nitrogens with one attached hydrogen (secondary N) is 1. The lowest BCUT2D eigenvalue weighted by Gasteiger charge is -2.19. The summed E-state index contributed by atoms with van der Waals surface area (Å²) < 4.78 is 12.8. The lowest BCUT2D eigenvalue weighted by atomic mass is 9.81. The lowest BCUT2D eigenvalue weighted by Crippen LogP contribution is -2.35. The first-order chi connectivity index (χ1) is 9.66. The van der Waals surface area contributed by atoms with Crippen LogP contribution in [-0.2, 0) is 9.59 Å². The van der Waals surface area contributed by atoms with E-state index in [4.69, 9.17) is 0 Å². The molecular weight excluding hydrogens is 259 g/mol. The molecule has 0 bridgehead atoms. The number of halogens is 1. The molecule has 4 nitrogen and oxygen atoms in total. The highest BCUT2D eigenvalue weighted by atomic mass is 19.1. The molecule has 2 atom stereocenters. The fourth-order valence-corrected chi connectivity index (χ4v) is 3.12. The average molecular weight is 276 g/mol. The highest BCUT2D eigenvalue weighted by Gasteiger charge is 2.47. The summed E-state index contributed by atoms with van der Waals surface area (Å²) in [4.78, 5) is 25.8. The monoisotopic (exact) mass is 276 g/mol. The van der Waals surface area contributed by atoms with Gasteiger partial charge in [-0.3, -0.25) is 14.5 Å². The zero-order valence-electron chi connectivity index (χ0n) is 11.1. The van der Waals surface area contributed by atoms with Crippen LogP contribution in [-0.4, -0.2) is 23.4 Å². The summed E-state index contributed by atoms with van der Waals surface area (Å²) in [7, 11) is 0. The number of fused-ring (bicyclic) bond motifs is 1. The molecule has 0 spiro atoms. The van der Waals surface area contributed by atoms with Gasteiger partial charge in [-0.15, -0.1) is 0 Å². The van der Waals surface area contributed by atoms with Crippen molar-refractivity contribution in [3.05, 3.63) is 30.1 Å². The third-order valence-corrected chi connectivity index (χ3v) is 4.22. The van der Waals surface area contributed by atoms with Crippen molar-refractivity contribution in [2.24, 2.45) is 11.8 Å². The zero-order chi connectivity index (χ0) is 14.1. The van der Waals surface area contributed by atoms with Gasteiger partial charge >= 0.3 is 0 Å². The molecule has 20 heavy (non-hydrogen) atoms. The maximum atomic E-state index is 12.8. The number of carbonyl (C=O) groups excluding carboxylic acids is 2. The average Bonchev–Trinajstić information content (AvgIpc) is 2.71. The maximum absolute atomic E-state index is 12.8. The second-order valence-electron chi connectivity index (χ2n) is 5.44. The summed E-state index contributed by atoms with van der Waals surface area (Å²) in [6, 6.07) is 5.87. The second kappa shape index (κ2) is 5.23. The summed E-state index contributed by atoms with van der Waals surface area (Å²) in [6.45, 7) is 0.163. The van der Waals surface area contributed by atoms with Crippen LogP contribution in [0.25, 0.3) is 0 Å². The Labute approximate surface area is 117 Å². The molecule has 1 aromatic carbocycles. The SMILES string of the molecule is O=C1[C@H]2CCCC[C@@H]2C(=O)N1CNc1ccc(F)cc1. The van der Waals surface area contributed by atoms with Crippen LogP contribution in [0.4, 0.5) is 10.1 Å². The van der Waals surface area contributed by atoms with Crippen LogP contribution in [0.5, 0.6) is 0 Å². The van der Waals surface area contributed by atoms with E-state index in [0.717, 1.165) is 25.7 Å². The normalized spacial score (nSPS) is 25.8. The predicted molar refractivity (Wildman–Crippen MR) is 72.2 cm³/mol. The molecule has 0 unspecified atom stereocenters. The van der Waals surface area contributed by atoms with Crippen LogP contribution < -0.4 is 5.32 Å². The number of anilines is 1. The van der Waals surface area contributed by atoms with Crippen molar-refractivity contribution in [3.8, 4) is 0 Å². The molecule has 1 saturated carbocycles. The van der Waals surface area contributed by atoms with Gasteiger partial charge in [0.15, 0.2) is 0 Å². The van der Waals surface area contributed by atoms with E-state index < -0.39 is 0 Å². The Bertz CT molecular complexity index is 505. The molecule has 106 valence electrons. The van der Waals surface area contributed by atoms with Crippen molar-refractivity contribution in [2.75, 3.05) is 12.0 Å². The van der Waals surface area contributed by atoms with Crippen molar-refractivity contribution in [3.63, 3.8) is 0 Å². The number of rotatable bonds is 3. The first kappa shape index (κ1) is 13.1. The quantitative estimate of drug-likeness (QED) is 0.862. The van der Waals surface area contributed by atoms with E-state index in [1.54, 1.807) is 12.1 Å². The minimum Gasteiger partial charge on any atom is -0.367 e. The summed E-state index contributed by atoms with van der Waals surface area (Å²) in [5.74, 6) is -0.670. The minimum atomic E-state index is -0.310. The fraction of sp³-hybridized carbons (Fsp3) is 0.467. The molecular formula is C15H17FN2O2. The molecule has 3 rings (SSSR count). The van der Waals surface area contributed by atoms with Gasteiger partial charge in [-0.05, 0) is 37.1 Å². The predicted octanol–water partition coefficient (Wildman–Crippen LogP) is 2.37. The summed E-state index contributed by atoms with van der Waals surface area (Å²) in [5.41, 5.74) is 0.696. The molecule has 2 amide bonds. The lowest BCUT2D eigenvalue weighted by molar-refractivity contribution is -0.139. The molecule has 1 aliphatic carbocycles. The van der Waals surface area contributed by atoms with Crippen LogP contribution >= 0.6 is 0 Å². The number of hydrogen-bond acceptors (Lipinski definition) is 3. The van der Waals surface area contributed by atoms with E-state index in [1.807, 2.05) is 0 Å². The number of benzene rings is 1. The minimum absolute atomic E-state index is 0.0608. The summed E-state index contributed by atoms with van der Waals surface area (Å²) in [6.07, 6.45) is 3.70. The van der Waals surface area contributed by atoms with E-state index in [2.05, 4.69) is 5.32 Å². The maximum Gasteiger partial charge on any atom is 0.234 e. The van der Waals surface area contributed by atoms with Crippen LogP contribution in [0.2, 0.25) is 0 Å². The Morgan fingerprint density at radius 1 is 1.05 bits per heavy atom. The molecule has 0 radical (unpaired) electrons. The van der Waals surface area contributed by atoms with Gasteiger partial charge in [0.25, 0.3) is 0 Å². The van der Waals surface area contributed by atoms with Crippen molar-refractivity contribution in [1.29, 1.82) is 0 Å². The molecule has 2 fully saturated rings. The van der Waals surface area contributed by atoms with Gasteiger partial charge in [-0.25, -0.2) is 4.39 Å². The van der Waals surface area contributed by atoms with Crippen molar-refractivity contribution >= 4 is 17.5 Å². The highest BCUT2D eigenvalue weighted by Crippen LogP contribution is 2.37. The molecule has 1 aromatic rings. The second-order valence-corrected chi connectivity index (χ2v) is 5.44. The fourth-order valence-electron chi connectivity index (χ4n) is 3.12. The van der Waals surface area contributed by atoms with Crippen molar-refractivity contribution < 1.29 is 14.0 Å². The first-order valence-corrected chi connectivity index (χ1v) is 7.01. The third-order valence-electron chi connectivity index (χ3n) is 4.22. The largest absolute Gasteiger partial charge is 0.367 e. The molecule has 1 N–H and O–H groups in total. The topological polar surface area (TPSA) is 49.4 Å². The van der Waals surface area contributed by atoms with Gasteiger partial charge in [0, 0.05) is 5.69 Å². The van der Waals surface area contributed by atoms with Gasteiger partial charge in [0.2, 0.25) is 11.8 Å². The Morgan fingerprint density at radius 3 is 2.15 bits per heavy atom. The van der Waals surface area contributed by atoms with Gasteiger partial charge in [0.1, 0.15) is 5.82 Å². The van der Waals surface area contributed by atoms with Crippen LogP contribution in [0.15, 0.2) is 24.3 Å². The standard InChI is InChI=1S/C15H17FN2O2/c16-10-5-7-11(8-6-10)17-9-18-14(19)12-3-1-2-4-13(12)15(18)20/h5-8,12-13,17H,1-4,9H2/t12-,13-/m0/s1. The van der Waals surface area contributed by atoms with E-state index in [0.29, 0.717) is 5.69 Å². The van der Waals surface area contributed by atoms with E-state index in [-0.39, 0.29) is 36.1 Å². The van der Waals surface area contributed by atoms with Crippen molar-refractivity contribution in [2.45, 2.75) is 25.7 Å². The van der Waals surface area contributed by atoms with Crippen molar-refractivity contribution in [1.82, 2.24) is 4.90 Å². The van der Waals surface area contributed by atoms with E-state index in [9.17, 15) is 14.0 Å². The van der Waals surface area contributed by atoms with Gasteiger partial charge < -0.3 is 5.32 Å². The number of hydrogen-bond donors (Lipinski definition) is 1. The molecule has 2 aliphatic rings. The summed E-state index contributed by atoms with van der Waals surface area (Å²) in [5, 5.41) is 3.00.